The van der Waals surface area contributed by atoms with Crippen molar-refractivity contribution in [1.29, 1.82) is 0 Å². The first-order valence-electron chi connectivity index (χ1n) is 26.3. The van der Waals surface area contributed by atoms with Crippen LogP contribution in [0.4, 0.5) is 29.5 Å². The van der Waals surface area contributed by atoms with Crippen LogP contribution in [0.5, 0.6) is 0 Å². The number of para-hydroxylation sites is 1. The van der Waals surface area contributed by atoms with Crippen LogP contribution in [-0.2, 0) is 11.6 Å². The molecule has 410 valence electrons. The number of H-pyrrole nitrogens is 1. The fourth-order valence-electron chi connectivity index (χ4n) is 11.8. The molecule has 8 aromatic heterocycles. The van der Waals surface area contributed by atoms with Crippen LogP contribution in [-0.4, -0.2) is 130 Å². The summed E-state index contributed by atoms with van der Waals surface area (Å²) in [6.45, 7) is 10.9. The second-order valence-electron chi connectivity index (χ2n) is 21.0. The molecular weight excluding hydrogens is 1040 g/mol. The number of rotatable bonds is 11. The van der Waals surface area contributed by atoms with E-state index in [1.54, 1.807) is 6.20 Å². The first kappa shape index (κ1) is 53.3. The fourth-order valence-corrected chi connectivity index (χ4v) is 11.8. The van der Waals surface area contributed by atoms with E-state index in [-0.39, 0.29) is 50.3 Å². The van der Waals surface area contributed by atoms with Crippen LogP contribution >= 0.6 is 0 Å². The lowest BCUT2D eigenvalue weighted by Gasteiger charge is -2.44. The highest BCUT2D eigenvalue weighted by Crippen LogP contribution is 2.40. The molecule has 0 bridgehead atoms. The minimum Gasteiger partial charge on any atom is -0.361 e. The lowest BCUT2D eigenvalue weighted by Crippen LogP contribution is -2.62. The summed E-state index contributed by atoms with van der Waals surface area (Å²) in [7, 11) is 0. The van der Waals surface area contributed by atoms with Crippen molar-refractivity contribution in [2.45, 2.75) is 116 Å². The molecule has 2 aliphatic carbocycles. The summed E-state index contributed by atoms with van der Waals surface area (Å²) in [4.78, 5) is 35.8. The molecule has 18 nitrogen and oxygen atoms in total. The lowest BCUT2D eigenvalue weighted by molar-refractivity contribution is -0.146. The van der Waals surface area contributed by atoms with Gasteiger partial charge in [0, 0.05) is 76.5 Å². The molecule has 79 heavy (non-hydrogen) atoms. The van der Waals surface area contributed by atoms with Crippen molar-refractivity contribution < 1.29 is 35.0 Å². The van der Waals surface area contributed by atoms with Gasteiger partial charge in [-0.1, -0.05) is 28.5 Å². The van der Waals surface area contributed by atoms with Crippen molar-refractivity contribution in [1.82, 2.24) is 59.6 Å². The average Bonchev–Trinajstić information content (AvgIpc) is 4.51. The number of aryl methyl sites for hydroxylation is 6. The van der Waals surface area contributed by atoms with E-state index in [1.165, 1.54) is 0 Å². The van der Waals surface area contributed by atoms with E-state index in [2.05, 4.69) is 52.7 Å². The van der Waals surface area contributed by atoms with Crippen LogP contribution in [0.25, 0.3) is 72.8 Å². The fraction of sp³-hybridized carbons (Fsp3) is 0.393. The normalized spacial score (nSPS) is 20.5. The Labute approximate surface area is 455 Å². The number of hydrogen-bond acceptors (Lipinski definition) is 16. The first-order chi connectivity index (χ1) is 38.0. The SMILES string of the molecule is Cc1cnc(N[C@H]2CCC[C@H]2N2CC(F)(F)C2)nc1-c1c[nH]c2nc(-c3c(C)noc3C)ccc12.Cc1cnc(N[C@H]2CCC[C@H]2N2CC(F)(F)C2)nc1-c1cn(-c2ccccc2)c2nc(-c3c(C)noc3C)ccc12.O=S=O. The van der Waals surface area contributed by atoms with Gasteiger partial charge in [-0.15, -0.1) is 0 Å². The summed E-state index contributed by atoms with van der Waals surface area (Å²) in [6.07, 6.45) is 13.2. The molecule has 2 saturated carbocycles. The van der Waals surface area contributed by atoms with E-state index >= 15 is 0 Å². The van der Waals surface area contributed by atoms with Crippen LogP contribution in [0.2, 0.25) is 0 Å². The van der Waals surface area contributed by atoms with E-state index < -0.39 is 23.4 Å². The predicted octanol–water partition coefficient (Wildman–Crippen LogP) is 10.6. The second-order valence-corrected chi connectivity index (χ2v) is 21.2. The second kappa shape index (κ2) is 21.5. The van der Waals surface area contributed by atoms with E-state index in [4.69, 9.17) is 37.4 Å². The van der Waals surface area contributed by atoms with Gasteiger partial charge in [-0.3, -0.25) is 9.80 Å². The Kier molecular flexibility index (Phi) is 14.5. The van der Waals surface area contributed by atoms with Crippen LogP contribution in [0.15, 0.2) is 88.4 Å². The Morgan fingerprint density at radius 3 is 1.61 bits per heavy atom. The summed E-state index contributed by atoms with van der Waals surface area (Å²) in [5, 5.41) is 17.0. The molecule has 4 fully saturated rings. The molecule has 0 amide bonds. The zero-order valence-electron chi connectivity index (χ0n) is 44.4. The Morgan fingerprint density at radius 2 is 1.11 bits per heavy atom. The molecule has 4 atom stereocenters. The van der Waals surface area contributed by atoms with Gasteiger partial charge in [-0.2, -0.15) is 8.42 Å². The summed E-state index contributed by atoms with van der Waals surface area (Å²) in [5.74, 6) is -2.65. The minimum atomic E-state index is -2.58. The van der Waals surface area contributed by atoms with Crippen molar-refractivity contribution in [2.75, 3.05) is 36.8 Å². The number of alkyl halides is 4. The molecule has 23 heteroatoms. The number of nitrogens with zero attached hydrogens (tertiary/aromatic N) is 11. The first-order valence-corrected chi connectivity index (χ1v) is 26.9. The number of halogens is 4. The molecule has 4 aliphatic rings. The van der Waals surface area contributed by atoms with Gasteiger partial charge >= 0.3 is 11.6 Å². The van der Waals surface area contributed by atoms with Gasteiger partial charge in [-0.25, -0.2) is 47.5 Å². The van der Waals surface area contributed by atoms with Gasteiger partial charge in [0.1, 0.15) is 22.8 Å². The number of nitrogens with one attached hydrogen (secondary N) is 3. The van der Waals surface area contributed by atoms with Crippen molar-refractivity contribution in [3.05, 3.63) is 113 Å². The Hall–Kier alpha value is -7.76. The molecule has 0 radical (unpaired) electrons. The number of aromatic nitrogens is 10. The van der Waals surface area contributed by atoms with Gasteiger partial charge in [0.25, 0.3) is 11.8 Å². The van der Waals surface area contributed by atoms with E-state index in [0.29, 0.717) is 11.9 Å². The highest BCUT2D eigenvalue weighted by Gasteiger charge is 2.50. The highest BCUT2D eigenvalue weighted by atomic mass is 32.1. The summed E-state index contributed by atoms with van der Waals surface area (Å²) in [5.41, 5.74) is 12.9. The summed E-state index contributed by atoms with van der Waals surface area (Å²) in [6, 6.07) is 18.4. The topological polar surface area (TPSA) is 215 Å². The van der Waals surface area contributed by atoms with E-state index in [9.17, 15) is 17.6 Å². The summed E-state index contributed by atoms with van der Waals surface area (Å²) < 4.78 is 83.4. The third kappa shape index (κ3) is 10.7. The zero-order valence-corrected chi connectivity index (χ0v) is 45.2. The van der Waals surface area contributed by atoms with E-state index in [0.717, 1.165) is 145 Å². The third-order valence-corrected chi connectivity index (χ3v) is 15.5. The molecule has 0 spiro atoms. The molecular formula is C56H58F4N14O4S. The summed E-state index contributed by atoms with van der Waals surface area (Å²) >= 11 is -0.750. The maximum Gasteiger partial charge on any atom is 0.335 e. The Morgan fingerprint density at radius 1 is 0.620 bits per heavy atom. The Bertz CT molecular complexity index is 3690. The monoisotopic (exact) mass is 1100 g/mol. The van der Waals surface area contributed by atoms with E-state index in [1.807, 2.05) is 112 Å². The van der Waals surface area contributed by atoms with Gasteiger partial charge in [0.15, 0.2) is 0 Å². The number of likely N-dealkylation sites (tertiary alicyclic amines) is 2. The number of anilines is 2. The van der Waals surface area contributed by atoms with Gasteiger partial charge in [0.2, 0.25) is 11.9 Å². The standard InChI is InChI=1S/C31H31F2N7O.C25H27F2N7O.O2S/c1-18-14-34-30(36-24-10-7-11-26(24)39-16-31(32,33)17-39)37-28(18)23-15-40(21-8-5-4-6-9-21)29-22(23)12-13-25(35-29)27-19(2)38-41-20(27)3;1-13-9-29-24(31-18-5-4-6-20(18)34-11-25(26,27)12-34)32-22(13)17-10-28-23-16(17)7-8-19(30-23)21-14(2)33-35-15(21)3;1-3-2/h4-6,8-9,12-15,24,26H,7,10-11,16-17H2,1-3H3,(H,34,36,37);7-10,18,20H,4-6,11-12H2,1-3H3,(H,28,30)(H,29,31,32);/t24-,26+;18-,20+;/m00./s1. The number of hydrogen-bond donors (Lipinski definition) is 3. The van der Waals surface area contributed by atoms with Crippen LogP contribution in [0.3, 0.4) is 0 Å². The third-order valence-electron chi connectivity index (χ3n) is 15.5. The largest absolute Gasteiger partial charge is 0.361 e. The van der Waals surface area contributed by atoms with Gasteiger partial charge < -0.3 is 29.2 Å². The molecule has 2 aliphatic heterocycles. The van der Waals surface area contributed by atoms with Crippen molar-refractivity contribution in [3.63, 3.8) is 0 Å². The van der Waals surface area contributed by atoms with Crippen molar-refractivity contribution in [3.8, 4) is 50.7 Å². The molecule has 1 aromatic carbocycles. The maximum absolute atomic E-state index is 13.6. The molecule has 9 aromatic rings. The number of benzene rings is 1. The zero-order chi connectivity index (χ0) is 55.3. The maximum atomic E-state index is 13.6. The minimum absolute atomic E-state index is 0.0339. The van der Waals surface area contributed by atoms with Crippen LogP contribution in [0.1, 0.15) is 72.6 Å². The lowest BCUT2D eigenvalue weighted by atomic mass is 10.0. The van der Waals surface area contributed by atoms with Crippen LogP contribution < -0.4 is 10.6 Å². The van der Waals surface area contributed by atoms with Crippen molar-refractivity contribution >= 4 is 45.5 Å². The van der Waals surface area contributed by atoms with Crippen molar-refractivity contribution in [2.24, 2.45) is 0 Å². The molecule has 2 saturated heterocycles. The number of fused-ring (bicyclic) bond motifs is 2. The Balaban J connectivity index is 0.000000161. The number of pyridine rings is 2. The average molecular weight is 1100 g/mol. The van der Waals surface area contributed by atoms with Crippen LogP contribution in [0, 0.1) is 41.5 Å². The highest BCUT2D eigenvalue weighted by molar-refractivity contribution is 7.51. The van der Waals surface area contributed by atoms with Gasteiger partial charge in [0.05, 0.1) is 71.5 Å². The molecule has 0 unspecified atom stereocenters. The molecule has 3 N–H and O–H groups in total. The quantitative estimate of drug-likeness (QED) is 0.103. The smallest absolute Gasteiger partial charge is 0.335 e. The number of aromatic amines is 1. The predicted molar refractivity (Wildman–Crippen MR) is 291 cm³/mol. The molecule has 10 heterocycles. The van der Waals surface area contributed by atoms with Gasteiger partial charge in [-0.05, 0) is 128 Å². The molecule has 13 rings (SSSR count).